The lowest BCUT2D eigenvalue weighted by atomic mass is 10.1. The molecule has 0 aromatic carbocycles. The Kier molecular flexibility index (Phi) is 12.5. The average Bonchev–Trinajstić information content (AvgIpc) is 3.57. The van der Waals surface area contributed by atoms with Gasteiger partial charge in [-0.3, -0.25) is 0 Å². The second-order valence-electron chi connectivity index (χ2n) is 9.39. The number of thiophene rings is 2. The second kappa shape index (κ2) is 15.2. The third kappa shape index (κ3) is 10.5. The number of amides is 2. The number of ether oxygens (including phenoxy) is 1. The van der Waals surface area contributed by atoms with E-state index in [0.717, 1.165) is 29.1 Å². The minimum absolute atomic E-state index is 0.0294. The molecule has 4 heterocycles. The maximum Gasteiger partial charge on any atom is 0.339 e. The smallest absolute Gasteiger partial charge is 0.339 e. The summed E-state index contributed by atoms with van der Waals surface area (Å²) >= 11 is 19.4. The van der Waals surface area contributed by atoms with Gasteiger partial charge in [0.1, 0.15) is 14.2 Å². The third-order valence-electron chi connectivity index (χ3n) is 5.72. The van der Waals surface area contributed by atoms with Crippen LogP contribution >= 0.6 is 57.5 Å². The number of urea groups is 1. The molecule has 0 radical (unpaired) electrons. The van der Waals surface area contributed by atoms with Crippen molar-refractivity contribution in [3.8, 4) is 0 Å². The normalized spacial score (nSPS) is 13.8. The van der Waals surface area contributed by atoms with Crippen LogP contribution in [0.1, 0.15) is 30.6 Å². The van der Waals surface area contributed by atoms with Gasteiger partial charge in [-0.1, -0.05) is 48.7 Å². The van der Waals surface area contributed by atoms with Crippen molar-refractivity contribution in [3.63, 3.8) is 0 Å². The van der Waals surface area contributed by atoms with Gasteiger partial charge in [0.05, 0.1) is 25.9 Å². The highest BCUT2D eigenvalue weighted by Crippen LogP contribution is 2.27. The maximum absolute atomic E-state index is 12.4. The number of esters is 1. The van der Waals surface area contributed by atoms with E-state index in [4.69, 9.17) is 44.7 Å². The van der Waals surface area contributed by atoms with Crippen LogP contribution in [-0.4, -0.2) is 71.5 Å². The fourth-order valence-electron chi connectivity index (χ4n) is 3.49. The molecule has 19 heteroatoms. The van der Waals surface area contributed by atoms with E-state index in [0.29, 0.717) is 45.1 Å². The Balaban J connectivity index is 0.000000428. The van der Waals surface area contributed by atoms with Crippen LogP contribution in [0.15, 0.2) is 44.9 Å². The quantitative estimate of drug-likeness (QED) is 0.305. The summed E-state index contributed by atoms with van der Waals surface area (Å²) in [6.45, 7) is 5.74. The number of hydrogen-bond acceptors (Lipinski definition) is 11. The van der Waals surface area contributed by atoms with E-state index in [-0.39, 0.29) is 27.1 Å². The molecule has 3 aromatic heterocycles. The molecule has 3 aromatic rings. The minimum Gasteiger partial charge on any atom is -0.462 e. The van der Waals surface area contributed by atoms with E-state index in [1.807, 2.05) is 18.7 Å². The van der Waals surface area contributed by atoms with Crippen LogP contribution in [0, 0.1) is 5.92 Å². The van der Waals surface area contributed by atoms with Crippen molar-refractivity contribution in [1.82, 2.24) is 14.6 Å². The first-order chi connectivity index (χ1) is 20.1. The lowest BCUT2D eigenvalue weighted by molar-refractivity contribution is 0.0487. The maximum atomic E-state index is 12.4. The fourth-order valence-corrected chi connectivity index (χ4v) is 8.13. The van der Waals surface area contributed by atoms with Gasteiger partial charge in [-0.15, -0.1) is 22.7 Å². The molecular formula is C24H28Cl3N5O7S4. The highest BCUT2D eigenvalue weighted by molar-refractivity contribution is 7.92. The van der Waals surface area contributed by atoms with E-state index in [1.165, 1.54) is 41.4 Å². The van der Waals surface area contributed by atoms with Crippen molar-refractivity contribution in [3.05, 3.63) is 55.8 Å². The third-order valence-corrected chi connectivity index (χ3v) is 11.7. The molecule has 3 N–H and O–H groups in total. The fraction of sp³-hybridized carbons (Fsp3) is 0.375. The van der Waals surface area contributed by atoms with Gasteiger partial charge in [0.25, 0.3) is 10.0 Å². The zero-order valence-electron chi connectivity index (χ0n) is 22.8. The van der Waals surface area contributed by atoms with Gasteiger partial charge in [-0.2, -0.15) is 0 Å². The summed E-state index contributed by atoms with van der Waals surface area (Å²) in [4.78, 5) is 32.2. The molecule has 2 amide bonds. The molecule has 1 fully saturated rings. The number of rotatable bonds is 8. The summed E-state index contributed by atoms with van der Waals surface area (Å²) < 4.78 is 53.9. The molecule has 0 atom stereocenters. The number of pyridine rings is 1. The Morgan fingerprint density at radius 1 is 1.00 bits per heavy atom. The SMILES string of the molecule is CC(C)CCOC(=O)c1cnc(N2CCN(C(=O)NS(=O)(=O)c3ccc(Cl)s3)CC2)c(Cl)c1.NS(=O)(=O)c1ccc(Cl)s1. The number of sulfonamides is 2. The van der Waals surface area contributed by atoms with Gasteiger partial charge >= 0.3 is 12.0 Å². The zero-order chi connectivity index (χ0) is 31.9. The summed E-state index contributed by atoms with van der Waals surface area (Å²) in [6, 6.07) is 6.47. The number of nitrogens with one attached hydrogen (secondary N) is 1. The number of aromatic nitrogens is 1. The van der Waals surface area contributed by atoms with Gasteiger partial charge in [0.15, 0.2) is 0 Å². The molecule has 0 aliphatic carbocycles. The summed E-state index contributed by atoms with van der Waals surface area (Å²) in [6.07, 6.45) is 2.18. The molecule has 0 spiro atoms. The summed E-state index contributed by atoms with van der Waals surface area (Å²) in [5.74, 6) is 0.430. The van der Waals surface area contributed by atoms with E-state index < -0.39 is 32.0 Å². The number of anilines is 1. The van der Waals surface area contributed by atoms with Crippen LogP contribution in [0.5, 0.6) is 0 Å². The largest absolute Gasteiger partial charge is 0.462 e. The predicted octanol–water partition coefficient (Wildman–Crippen LogP) is 4.92. The van der Waals surface area contributed by atoms with Crippen molar-refractivity contribution in [2.24, 2.45) is 11.1 Å². The van der Waals surface area contributed by atoms with Crippen molar-refractivity contribution in [1.29, 1.82) is 0 Å². The van der Waals surface area contributed by atoms with Gasteiger partial charge < -0.3 is 14.5 Å². The number of hydrogen-bond donors (Lipinski definition) is 2. The molecule has 43 heavy (non-hydrogen) atoms. The van der Waals surface area contributed by atoms with Crippen LogP contribution in [0.25, 0.3) is 0 Å². The number of carbonyl (C=O) groups is 2. The van der Waals surface area contributed by atoms with E-state index >= 15 is 0 Å². The molecule has 1 aliphatic heterocycles. The first kappa shape index (κ1) is 35.3. The molecule has 4 rings (SSSR count). The predicted molar refractivity (Wildman–Crippen MR) is 169 cm³/mol. The minimum atomic E-state index is -3.98. The van der Waals surface area contributed by atoms with Crippen molar-refractivity contribution in [2.75, 3.05) is 37.7 Å². The molecule has 12 nitrogen and oxygen atoms in total. The van der Waals surface area contributed by atoms with E-state index in [9.17, 15) is 26.4 Å². The number of carbonyl (C=O) groups excluding carboxylic acids is 2. The summed E-state index contributed by atoms with van der Waals surface area (Å²) in [5.41, 5.74) is 0.268. The summed E-state index contributed by atoms with van der Waals surface area (Å²) in [7, 11) is -7.53. The summed E-state index contributed by atoms with van der Waals surface area (Å²) in [5, 5.41) is 5.09. The van der Waals surface area contributed by atoms with E-state index in [1.54, 1.807) is 0 Å². The average molecular weight is 733 g/mol. The van der Waals surface area contributed by atoms with Crippen LogP contribution in [0.3, 0.4) is 0 Å². The molecule has 0 bridgehead atoms. The van der Waals surface area contributed by atoms with Crippen molar-refractivity contribution >= 4 is 95.3 Å². The van der Waals surface area contributed by atoms with Gasteiger partial charge in [-0.05, 0) is 42.7 Å². The number of nitrogens with zero attached hydrogens (tertiary/aromatic N) is 3. The lowest BCUT2D eigenvalue weighted by Gasteiger charge is -2.35. The van der Waals surface area contributed by atoms with Crippen molar-refractivity contribution < 1.29 is 31.2 Å². The van der Waals surface area contributed by atoms with E-state index in [2.05, 4.69) is 9.71 Å². The molecule has 0 saturated carbocycles. The Labute approximate surface area is 272 Å². The Bertz CT molecular complexity index is 1650. The lowest BCUT2D eigenvalue weighted by Crippen LogP contribution is -2.53. The van der Waals surface area contributed by atoms with Crippen LogP contribution in [-0.2, 0) is 24.8 Å². The molecule has 0 unspecified atom stereocenters. The molecule has 1 aliphatic rings. The number of primary sulfonamides is 1. The monoisotopic (exact) mass is 731 g/mol. The highest BCUT2D eigenvalue weighted by atomic mass is 35.5. The number of halogens is 3. The van der Waals surface area contributed by atoms with Crippen LogP contribution in [0.2, 0.25) is 13.7 Å². The Morgan fingerprint density at radius 3 is 2.05 bits per heavy atom. The van der Waals surface area contributed by atoms with Crippen molar-refractivity contribution in [2.45, 2.75) is 28.7 Å². The topological polar surface area (TPSA) is 169 Å². The highest BCUT2D eigenvalue weighted by Gasteiger charge is 2.27. The molecule has 236 valence electrons. The number of nitrogens with two attached hydrogens (primary N) is 1. The number of piperazine rings is 1. The molecular weight excluding hydrogens is 705 g/mol. The Morgan fingerprint density at radius 2 is 1.58 bits per heavy atom. The van der Waals surface area contributed by atoms with Crippen LogP contribution in [0.4, 0.5) is 10.6 Å². The second-order valence-corrected chi connectivity index (χ2v) is 16.9. The van der Waals surface area contributed by atoms with Gasteiger partial charge in [-0.25, -0.2) is 41.3 Å². The standard InChI is InChI=1S/C20H24Cl2N4O5S2.C4H4ClNO2S2/c1-13(2)5-10-31-19(27)14-11-15(21)18(23-12-14)25-6-8-26(9-7-25)20(28)24-33(29,30)17-4-3-16(22)32-17;5-3-1-2-4(9-3)10(6,7)8/h3-4,11-13H,5-10H2,1-2H3,(H,24,28);1-2H,(H2,6,7,8). The Hall–Kier alpha value is -2.18. The zero-order valence-corrected chi connectivity index (χ0v) is 28.4. The first-order valence-electron chi connectivity index (χ1n) is 12.5. The van der Waals surface area contributed by atoms with Crippen LogP contribution < -0.4 is 14.8 Å². The first-order valence-corrected chi connectivity index (χ1v) is 18.3. The van der Waals surface area contributed by atoms with Gasteiger partial charge in [0.2, 0.25) is 10.0 Å². The molecule has 1 saturated heterocycles. The van der Waals surface area contributed by atoms with Gasteiger partial charge in [0, 0.05) is 32.4 Å².